The third-order valence-electron chi connectivity index (χ3n) is 4.27. The van der Waals surface area contributed by atoms with Gasteiger partial charge in [-0.15, -0.1) is 0 Å². The third-order valence-corrected chi connectivity index (χ3v) is 4.76. The third kappa shape index (κ3) is 6.17. The maximum absolute atomic E-state index is 13.4. The van der Waals surface area contributed by atoms with Crippen molar-refractivity contribution in [1.82, 2.24) is 0 Å². The van der Waals surface area contributed by atoms with Crippen LogP contribution in [0.5, 0.6) is 11.5 Å². The Morgan fingerprint density at radius 3 is 2.61 bits per heavy atom. The van der Waals surface area contributed by atoms with Crippen molar-refractivity contribution in [3.8, 4) is 17.6 Å². The number of ether oxygens (including phenoxy) is 2. The van der Waals surface area contributed by atoms with Crippen LogP contribution in [0.15, 0.2) is 76.8 Å². The lowest BCUT2D eigenvalue weighted by Crippen LogP contribution is -2.13. The van der Waals surface area contributed by atoms with Crippen LogP contribution in [0.2, 0.25) is 0 Å². The minimum atomic E-state index is -0.552. The number of benzene rings is 3. The quantitative estimate of drug-likeness (QED) is 0.346. The van der Waals surface area contributed by atoms with Crippen molar-refractivity contribution in [2.24, 2.45) is 0 Å². The first-order chi connectivity index (χ1) is 15.0. The molecule has 1 N–H and O–H groups in total. The Kier molecular flexibility index (Phi) is 7.41. The number of hydrogen-bond acceptors (Lipinski definition) is 4. The molecule has 0 unspecified atom stereocenters. The van der Waals surface area contributed by atoms with Crippen molar-refractivity contribution >= 4 is 33.6 Å². The van der Waals surface area contributed by atoms with Gasteiger partial charge in [0, 0.05) is 15.7 Å². The van der Waals surface area contributed by atoms with E-state index in [1.165, 1.54) is 18.2 Å². The molecule has 0 saturated carbocycles. The lowest BCUT2D eigenvalue weighted by atomic mass is 10.1. The van der Waals surface area contributed by atoms with Crippen LogP contribution in [0, 0.1) is 17.1 Å². The molecule has 31 heavy (non-hydrogen) atoms. The molecule has 0 spiro atoms. The molecule has 3 aromatic carbocycles. The van der Waals surface area contributed by atoms with Crippen molar-refractivity contribution in [2.75, 3.05) is 12.4 Å². The second-order valence-corrected chi connectivity index (χ2v) is 7.37. The fraction of sp³-hybridized carbons (Fsp3) is 0.0833. The van der Waals surface area contributed by atoms with Gasteiger partial charge in [0.2, 0.25) is 0 Å². The molecule has 0 atom stereocenters. The van der Waals surface area contributed by atoms with Crippen LogP contribution in [0.3, 0.4) is 0 Å². The first kappa shape index (κ1) is 22.1. The molecule has 7 heteroatoms. The minimum absolute atomic E-state index is 0.0930. The van der Waals surface area contributed by atoms with Crippen LogP contribution in [-0.2, 0) is 11.4 Å². The van der Waals surface area contributed by atoms with Crippen LogP contribution in [0.1, 0.15) is 11.1 Å². The first-order valence-corrected chi connectivity index (χ1v) is 10.0. The average Bonchev–Trinajstić information content (AvgIpc) is 2.77. The van der Waals surface area contributed by atoms with Crippen molar-refractivity contribution in [2.45, 2.75) is 6.61 Å². The van der Waals surface area contributed by atoms with E-state index in [1.54, 1.807) is 61.7 Å². The van der Waals surface area contributed by atoms with E-state index in [1.807, 2.05) is 6.07 Å². The number of nitriles is 1. The zero-order valence-electron chi connectivity index (χ0n) is 16.6. The highest BCUT2D eigenvalue weighted by Gasteiger charge is 2.12. The van der Waals surface area contributed by atoms with E-state index in [4.69, 9.17) is 9.47 Å². The van der Waals surface area contributed by atoms with Gasteiger partial charge in [-0.3, -0.25) is 4.79 Å². The predicted molar refractivity (Wildman–Crippen MR) is 120 cm³/mol. The molecule has 1 amide bonds. The maximum Gasteiger partial charge on any atom is 0.266 e. The van der Waals surface area contributed by atoms with E-state index in [-0.39, 0.29) is 18.0 Å². The lowest BCUT2D eigenvalue weighted by molar-refractivity contribution is -0.112. The molecule has 0 saturated heterocycles. The second kappa shape index (κ2) is 10.4. The Hall–Kier alpha value is -3.63. The van der Waals surface area contributed by atoms with Gasteiger partial charge in [-0.1, -0.05) is 28.1 Å². The largest absolute Gasteiger partial charge is 0.497 e. The molecule has 0 heterocycles. The Balaban J connectivity index is 1.81. The zero-order chi connectivity index (χ0) is 22.2. The summed E-state index contributed by atoms with van der Waals surface area (Å²) in [6, 6.07) is 20.0. The van der Waals surface area contributed by atoms with Gasteiger partial charge in [-0.05, 0) is 66.2 Å². The first-order valence-electron chi connectivity index (χ1n) is 9.22. The van der Waals surface area contributed by atoms with Crippen LogP contribution >= 0.6 is 15.9 Å². The Labute approximate surface area is 187 Å². The van der Waals surface area contributed by atoms with Gasteiger partial charge in [0.15, 0.2) is 0 Å². The standard InChI is InChI=1S/C24H18BrFN2O3/c1-30-22-8-6-21(7-9-22)28-24(29)18(14-27)12-17-13-19(25)5-10-23(17)31-15-16-3-2-4-20(26)11-16/h2-13H,15H2,1H3,(H,28,29)/b18-12+. The van der Waals surface area contributed by atoms with E-state index >= 15 is 0 Å². The van der Waals surface area contributed by atoms with E-state index in [0.717, 1.165) is 4.47 Å². The average molecular weight is 481 g/mol. The van der Waals surface area contributed by atoms with Gasteiger partial charge in [-0.25, -0.2) is 4.39 Å². The molecule has 0 aliphatic rings. The van der Waals surface area contributed by atoms with Gasteiger partial charge < -0.3 is 14.8 Å². The fourth-order valence-electron chi connectivity index (χ4n) is 2.73. The second-order valence-electron chi connectivity index (χ2n) is 6.45. The summed E-state index contributed by atoms with van der Waals surface area (Å²) in [6.07, 6.45) is 1.45. The molecule has 0 fully saturated rings. The summed E-state index contributed by atoms with van der Waals surface area (Å²) >= 11 is 3.39. The summed E-state index contributed by atoms with van der Waals surface area (Å²) < 4.78 is 25.1. The summed E-state index contributed by atoms with van der Waals surface area (Å²) in [7, 11) is 1.55. The number of carbonyl (C=O) groups is 1. The van der Waals surface area contributed by atoms with Crippen LogP contribution in [0.4, 0.5) is 10.1 Å². The van der Waals surface area contributed by atoms with Crippen LogP contribution < -0.4 is 14.8 Å². The minimum Gasteiger partial charge on any atom is -0.497 e. The highest BCUT2D eigenvalue weighted by Crippen LogP contribution is 2.27. The molecule has 3 rings (SSSR count). The molecule has 0 radical (unpaired) electrons. The molecule has 0 aliphatic carbocycles. The van der Waals surface area contributed by atoms with Crippen molar-refractivity contribution in [3.63, 3.8) is 0 Å². The molecular formula is C24H18BrFN2O3. The fourth-order valence-corrected chi connectivity index (χ4v) is 3.11. The molecule has 156 valence electrons. The molecular weight excluding hydrogens is 463 g/mol. The number of halogens is 2. The molecule has 3 aromatic rings. The summed E-state index contributed by atoms with van der Waals surface area (Å²) in [6.45, 7) is 0.139. The Morgan fingerprint density at radius 1 is 1.16 bits per heavy atom. The highest BCUT2D eigenvalue weighted by atomic mass is 79.9. The number of amides is 1. The van der Waals surface area contributed by atoms with Crippen LogP contribution in [0.25, 0.3) is 6.08 Å². The molecule has 5 nitrogen and oxygen atoms in total. The van der Waals surface area contributed by atoms with Gasteiger partial charge >= 0.3 is 0 Å². The SMILES string of the molecule is COc1ccc(NC(=O)/C(C#N)=C/c2cc(Br)ccc2OCc2cccc(F)c2)cc1. The number of nitrogens with zero attached hydrogens (tertiary/aromatic N) is 1. The number of carbonyl (C=O) groups excluding carboxylic acids is 1. The lowest BCUT2D eigenvalue weighted by Gasteiger charge is -2.11. The van der Waals surface area contributed by atoms with E-state index in [9.17, 15) is 14.4 Å². The van der Waals surface area contributed by atoms with E-state index in [2.05, 4.69) is 21.2 Å². The maximum atomic E-state index is 13.4. The van der Waals surface area contributed by atoms with Gasteiger partial charge in [0.25, 0.3) is 5.91 Å². The summed E-state index contributed by atoms with van der Waals surface area (Å²) in [5, 5.41) is 12.2. The number of anilines is 1. The van der Waals surface area contributed by atoms with Crippen molar-refractivity contribution < 1.29 is 18.7 Å². The normalized spacial score (nSPS) is 10.8. The Morgan fingerprint density at radius 2 is 1.94 bits per heavy atom. The van der Waals surface area contributed by atoms with E-state index in [0.29, 0.717) is 28.3 Å². The predicted octanol–water partition coefficient (Wildman–Crippen LogP) is 5.72. The molecule has 0 aromatic heterocycles. The number of methoxy groups -OCH3 is 1. The number of nitrogens with one attached hydrogen (secondary N) is 1. The van der Waals surface area contributed by atoms with Crippen molar-refractivity contribution in [3.05, 3.63) is 93.7 Å². The van der Waals surface area contributed by atoms with Crippen molar-refractivity contribution in [1.29, 1.82) is 5.26 Å². The van der Waals surface area contributed by atoms with Crippen LogP contribution in [-0.4, -0.2) is 13.0 Å². The summed E-state index contributed by atoms with van der Waals surface area (Å²) in [5.74, 6) is 0.212. The summed E-state index contributed by atoms with van der Waals surface area (Å²) in [5.41, 5.74) is 1.64. The van der Waals surface area contributed by atoms with Gasteiger partial charge in [0.1, 0.15) is 35.6 Å². The Bertz CT molecular complexity index is 1150. The molecule has 0 bridgehead atoms. The van der Waals surface area contributed by atoms with Gasteiger partial charge in [-0.2, -0.15) is 5.26 Å². The highest BCUT2D eigenvalue weighted by molar-refractivity contribution is 9.10. The number of rotatable bonds is 7. The summed E-state index contributed by atoms with van der Waals surface area (Å²) in [4.78, 5) is 12.6. The number of hydrogen-bond donors (Lipinski definition) is 1. The van der Waals surface area contributed by atoms with E-state index < -0.39 is 5.91 Å². The molecule has 0 aliphatic heterocycles. The zero-order valence-corrected chi connectivity index (χ0v) is 18.1. The topological polar surface area (TPSA) is 71.3 Å². The monoisotopic (exact) mass is 480 g/mol. The van der Waals surface area contributed by atoms with Gasteiger partial charge in [0.05, 0.1) is 7.11 Å². The smallest absolute Gasteiger partial charge is 0.266 e.